The molecule has 0 heterocycles. The Morgan fingerprint density at radius 3 is 2.19 bits per heavy atom. The van der Waals surface area contributed by atoms with Gasteiger partial charge in [0.25, 0.3) is 0 Å². The summed E-state index contributed by atoms with van der Waals surface area (Å²) in [4.78, 5) is 0. The van der Waals surface area contributed by atoms with E-state index in [0.717, 1.165) is 12.8 Å². The molecule has 27 heavy (non-hydrogen) atoms. The first-order valence-corrected chi connectivity index (χ1v) is 9.98. The molecular formula is C24H24Cl2Ti-2. The van der Waals surface area contributed by atoms with Crippen molar-refractivity contribution in [2.75, 3.05) is 0 Å². The maximum atomic E-state index is 3.30. The average molecular weight is 431 g/mol. The van der Waals surface area contributed by atoms with Gasteiger partial charge >= 0.3 is 55.9 Å². The van der Waals surface area contributed by atoms with Gasteiger partial charge < -0.3 is 24.8 Å². The van der Waals surface area contributed by atoms with Gasteiger partial charge in [-0.05, 0) is 6.42 Å². The third-order valence-electron chi connectivity index (χ3n) is 4.66. The van der Waals surface area contributed by atoms with E-state index in [-0.39, 0.29) is 24.8 Å². The summed E-state index contributed by atoms with van der Waals surface area (Å²) in [7, 11) is 0. The standard InChI is InChI=1S/C13H9.C6H10.C5H5.2ClH.Ti/c1-3-7-12-10(5-1)9-11-6-2-4-8-13(11)12;1-2-4-6-5-3-1;1-2-4-5-3-1;;;/h1-5,7-8H,9H2;1-5H2;1-3H,4H2;2*1H;/q-1;;-1;;;+2/p-2. The van der Waals surface area contributed by atoms with Gasteiger partial charge in [0.15, 0.2) is 0 Å². The van der Waals surface area contributed by atoms with Crippen molar-refractivity contribution >= 4 is 3.81 Å². The summed E-state index contributed by atoms with van der Waals surface area (Å²) >= 11 is 2.28. The summed E-state index contributed by atoms with van der Waals surface area (Å²) < 4.78 is 1.71. The van der Waals surface area contributed by atoms with E-state index in [2.05, 4.69) is 74.6 Å². The van der Waals surface area contributed by atoms with Crippen molar-refractivity contribution in [3.63, 3.8) is 0 Å². The smallest absolute Gasteiger partial charge is 0.0253 e. The molecule has 1 fully saturated rings. The number of allylic oxidation sites excluding steroid dienone is 4. The summed E-state index contributed by atoms with van der Waals surface area (Å²) in [5.74, 6) is 0. The van der Waals surface area contributed by atoms with Crippen molar-refractivity contribution in [1.82, 2.24) is 0 Å². The summed E-state index contributed by atoms with van der Waals surface area (Å²) in [6, 6.07) is 18.1. The summed E-state index contributed by atoms with van der Waals surface area (Å²) in [6.07, 6.45) is 18.2. The molecule has 140 valence electrons. The zero-order valence-corrected chi connectivity index (χ0v) is 18.6. The second-order valence-corrected chi connectivity index (χ2v) is 7.67. The Labute approximate surface area is 187 Å². The van der Waals surface area contributed by atoms with E-state index in [0.29, 0.717) is 0 Å². The van der Waals surface area contributed by atoms with Crippen LogP contribution in [0.4, 0.5) is 0 Å². The van der Waals surface area contributed by atoms with Crippen LogP contribution in [0.1, 0.15) is 49.7 Å². The predicted octanol–water partition coefficient (Wildman–Crippen LogP) is 0.0414. The van der Waals surface area contributed by atoms with Gasteiger partial charge in [0.05, 0.1) is 0 Å². The Bertz CT molecular complexity index is 716. The van der Waals surface area contributed by atoms with E-state index in [1.54, 1.807) is 3.81 Å². The Morgan fingerprint density at radius 2 is 1.59 bits per heavy atom. The third-order valence-corrected chi connectivity index (χ3v) is 5.44. The molecule has 5 rings (SSSR count). The number of hydrogen-bond acceptors (Lipinski definition) is 0. The molecule has 3 aliphatic carbocycles. The number of benzene rings is 2. The minimum absolute atomic E-state index is 0. The first-order valence-electron chi connectivity index (χ1n) is 9.20. The van der Waals surface area contributed by atoms with Gasteiger partial charge in [-0.15, -0.1) is 12.0 Å². The molecule has 0 aromatic heterocycles. The molecule has 0 spiro atoms. The van der Waals surface area contributed by atoms with E-state index >= 15 is 0 Å². The average Bonchev–Trinajstić information content (AvgIpc) is 3.34. The Kier molecular flexibility index (Phi) is 11.9. The number of rotatable bonds is 0. The monoisotopic (exact) mass is 430 g/mol. The predicted molar refractivity (Wildman–Crippen MR) is 103 cm³/mol. The first kappa shape index (κ1) is 24.1. The quantitative estimate of drug-likeness (QED) is 0.349. The fourth-order valence-corrected chi connectivity index (χ4v) is 3.87. The molecule has 0 unspecified atom stereocenters. The van der Waals surface area contributed by atoms with Crippen LogP contribution < -0.4 is 24.8 Å². The zero-order chi connectivity index (χ0) is 17.3. The maximum absolute atomic E-state index is 3.30. The molecule has 0 saturated heterocycles. The number of hydrogen-bond donors (Lipinski definition) is 0. The van der Waals surface area contributed by atoms with Crippen LogP contribution in [-0.4, -0.2) is 3.81 Å². The molecule has 0 nitrogen and oxygen atoms in total. The number of fused-ring (bicyclic) bond motifs is 3. The Balaban J connectivity index is 0.000000223. The van der Waals surface area contributed by atoms with Crippen LogP contribution in [0.25, 0.3) is 11.1 Å². The van der Waals surface area contributed by atoms with E-state index in [4.69, 9.17) is 0 Å². The van der Waals surface area contributed by atoms with Crippen LogP contribution in [0.3, 0.4) is 0 Å². The van der Waals surface area contributed by atoms with E-state index in [9.17, 15) is 0 Å². The molecule has 1 saturated carbocycles. The van der Waals surface area contributed by atoms with Gasteiger partial charge in [-0.2, -0.15) is 35.9 Å². The Hall–Kier alpha value is -0.916. The molecule has 2 aromatic carbocycles. The molecule has 3 heteroatoms. The molecule has 2 aromatic rings. The van der Waals surface area contributed by atoms with Gasteiger partial charge in [0.1, 0.15) is 0 Å². The van der Waals surface area contributed by atoms with Crippen molar-refractivity contribution in [3.8, 4) is 11.1 Å². The van der Waals surface area contributed by atoms with Crippen LogP contribution in [0.15, 0.2) is 60.7 Å². The van der Waals surface area contributed by atoms with E-state index in [1.165, 1.54) is 54.4 Å². The maximum Gasteiger partial charge on any atom is -0.0253 e. The van der Waals surface area contributed by atoms with Gasteiger partial charge in [0.2, 0.25) is 0 Å². The Morgan fingerprint density at radius 1 is 0.852 bits per heavy atom. The van der Waals surface area contributed by atoms with Crippen LogP contribution in [0, 0.1) is 12.1 Å². The molecule has 0 atom stereocenters. The van der Waals surface area contributed by atoms with Crippen molar-refractivity contribution in [3.05, 3.63) is 84.0 Å². The minimum atomic E-state index is 0. The molecule has 0 aliphatic heterocycles. The second-order valence-electron chi connectivity index (χ2n) is 6.56. The first-order chi connectivity index (χ1) is 12.3. The van der Waals surface area contributed by atoms with Gasteiger partial charge in [-0.25, -0.2) is 12.2 Å². The van der Waals surface area contributed by atoms with Crippen molar-refractivity contribution in [2.24, 2.45) is 0 Å². The van der Waals surface area contributed by atoms with Crippen LogP contribution >= 0.6 is 0 Å². The van der Waals surface area contributed by atoms with Crippen molar-refractivity contribution in [2.45, 2.75) is 44.9 Å². The van der Waals surface area contributed by atoms with Crippen molar-refractivity contribution < 1.29 is 44.8 Å². The van der Waals surface area contributed by atoms with Crippen molar-refractivity contribution in [1.29, 1.82) is 0 Å². The van der Waals surface area contributed by atoms with E-state index in [1.807, 2.05) is 18.2 Å². The summed E-state index contributed by atoms with van der Waals surface area (Å²) in [5.41, 5.74) is 5.51. The molecule has 0 amide bonds. The summed E-state index contributed by atoms with van der Waals surface area (Å²) in [6.45, 7) is 0. The third kappa shape index (κ3) is 7.55. The fourth-order valence-electron chi connectivity index (χ4n) is 3.32. The fraction of sp³-hybridized carbons (Fsp3) is 0.292. The van der Waals surface area contributed by atoms with Gasteiger partial charge in [-0.1, -0.05) is 35.4 Å². The zero-order valence-electron chi connectivity index (χ0n) is 15.5. The number of halogens is 2. The molecule has 3 aliphatic rings. The van der Waals surface area contributed by atoms with Gasteiger partial charge in [-0.3, -0.25) is 6.08 Å². The molecular weight excluding hydrogens is 407 g/mol. The van der Waals surface area contributed by atoms with Crippen LogP contribution in [0.2, 0.25) is 0 Å². The normalized spacial score (nSPS) is 15.1. The molecule has 0 N–H and O–H groups in total. The largest absolute Gasteiger partial charge is 0.179 e. The van der Waals surface area contributed by atoms with Crippen LogP contribution in [-0.2, 0) is 26.4 Å². The van der Waals surface area contributed by atoms with E-state index < -0.39 is 0 Å². The summed E-state index contributed by atoms with van der Waals surface area (Å²) in [5, 5.41) is 0. The van der Waals surface area contributed by atoms with Gasteiger partial charge in [0, 0.05) is 0 Å². The SMILES string of the molecule is [C-]1=CC=CC1.[Cl-].[Cl-].[Ti+2]=[C]1CCCCC1.[c-]1cccc2c1Cc1ccccc1-2. The topological polar surface area (TPSA) is 0 Å². The molecule has 0 radical (unpaired) electrons. The second kappa shape index (κ2) is 13.3. The van der Waals surface area contributed by atoms with Crippen LogP contribution in [0.5, 0.6) is 0 Å². The minimum Gasteiger partial charge on any atom is -0.179 e. The molecule has 0 bridgehead atoms.